The average Bonchev–Trinajstić information content (AvgIpc) is 2.36. The first-order valence-corrected chi connectivity index (χ1v) is 6.09. The lowest BCUT2D eigenvalue weighted by atomic mass is 9.71. The molecule has 0 spiro atoms. The maximum Gasteiger partial charge on any atom is 0.0585 e. The molecule has 1 aliphatic carbocycles. The van der Waals surface area contributed by atoms with Crippen molar-refractivity contribution in [2.75, 3.05) is 19.8 Å². The van der Waals surface area contributed by atoms with Crippen LogP contribution in [0.15, 0.2) is 24.3 Å². The second-order valence-corrected chi connectivity index (χ2v) is 4.59. The van der Waals surface area contributed by atoms with Gasteiger partial charge >= 0.3 is 0 Å². The van der Waals surface area contributed by atoms with Gasteiger partial charge in [-0.15, -0.1) is 0 Å². The molecule has 0 saturated carbocycles. The number of benzene rings is 1. The predicted molar refractivity (Wildman–Crippen MR) is 64.6 cm³/mol. The van der Waals surface area contributed by atoms with Gasteiger partial charge in [-0.05, 0) is 37.3 Å². The lowest BCUT2D eigenvalue weighted by Gasteiger charge is -2.37. The quantitative estimate of drug-likeness (QED) is 0.843. The van der Waals surface area contributed by atoms with Crippen molar-refractivity contribution in [2.45, 2.75) is 31.6 Å². The monoisotopic (exact) mass is 220 g/mol. The van der Waals surface area contributed by atoms with E-state index in [2.05, 4.69) is 24.3 Å². The molecule has 1 aromatic rings. The zero-order valence-electron chi connectivity index (χ0n) is 9.91. The summed E-state index contributed by atoms with van der Waals surface area (Å²) in [6, 6.07) is 8.45. The van der Waals surface area contributed by atoms with Crippen LogP contribution < -0.4 is 0 Å². The minimum Gasteiger partial charge on any atom is -0.395 e. The molecule has 1 aromatic carbocycles. The van der Waals surface area contributed by atoms with Gasteiger partial charge in [-0.25, -0.2) is 0 Å². The Hall–Kier alpha value is -0.860. The number of ether oxygens (including phenoxy) is 1. The molecule has 16 heavy (non-hydrogen) atoms. The molecule has 0 heterocycles. The third-order valence-electron chi connectivity index (χ3n) is 3.58. The fourth-order valence-electron chi connectivity index (χ4n) is 2.66. The van der Waals surface area contributed by atoms with Gasteiger partial charge in [0.05, 0.1) is 13.2 Å². The van der Waals surface area contributed by atoms with Gasteiger partial charge in [0, 0.05) is 12.0 Å². The Balaban J connectivity index is 2.33. The van der Waals surface area contributed by atoms with Crippen LogP contribution in [0.4, 0.5) is 0 Å². The van der Waals surface area contributed by atoms with Crippen LogP contribution in [-0.2, 0) is 16.6 Å². The number of aliphatic hydroxyl groups is 1. The lowest BCUT2D eigenvalue weighted by molar-refractivity contribution is 0.0485. The highest BCUT2D eigenvalue weighted by atomic mass is 16.5. The van der Waals surface area contributed by atoms with E-state index >= 15 is 0 Å². The summed E-state index contributed by atoms with van der Waals surface area (Å²) in [6.45, 7) is 3.53. The molecule has 0 aliphatic heterocycles. The van der Waals surface area contributed by atoms with Gasteiger partial charge < -0.3 is 9.84 Å². The molecule has 1 aliphatic rings. The van der Waals surface area contributed by atoms with Crippen molar-refractivity contribution in [3.05, 3.63) is 35.4 Å². The zero-order valence-corrected chi connectivity index (χ0v) is 9.91. The first kappa shape index (κ1) is 11.6. The molecular formula is C14H20O2. The lowest BCUT2D eigenvalue weighted by Crippen LogP contribution is -2.39. The summed E-state index contributed by atoms with van der Waals surface area (Å²) < 4.78 is 5.56. The second kappa shape index (κ2) is 4.98. The second-order valence-electron chi connectivity index (χ2n) is 4.59. The highest BCUT2D eigenvalue weighted by Gasteiger charge is 2.35. The Kier molecular flexibility index (Phi) is 3.62. The van der Waals surface area contributed by atoms with Crippen LogP contribution in [0.25, 0.3) is 0 Å². The molecular weight excluding hydrogens is 200 g/mol. The molecule has 0 fully saturated rings. The molecule has 0 radical (unpaired) electrons. The third-order valence-corrected chi connectivity index (χ3v) is 3.58. The Morgan fingerprint density at radius 2 is 2.19 bits per heavy atom. The van der Waals surface area contributed by atoms with E-state index in [4.69, 9.17) is 4.74 Å². The van der Waals surface area contributed by atoms with Crippen molar-refractivity contribution in [1.82, 2.24) is 0 Å². The molecule has 0 saturated heterocycles. The standard InChI is InChI=1S/C14H20O2/c1-2-16-11-14(10-15)9-5-7-12-6-3-4-8-13(12)14/h3-4,6,8,15H,2,5,7,9-11H2,1H3. The number of hydrogen-bond donors (Lipinski definition) is 1. The van der Waals surface area contributed by atoms with Gasteiger partial charge in [0.2, 0.25) is 0 Å². The molecule has 0 bridgehead atoms. The van der Waals surface area contributed by atoms with E-state index in [9.17, 15) is 5.11 Å². The fraction of sp³-hybridized carbons (Fsp3) is 0.571. The molecule has 0 aromatic heterocycles. The predicted octanol–water partition coefficient (Wildman–Crippen LogP) is 2.29. The van der Waals surface area contributed by atoms with Gasteiger partial charge in [-0.3, -0.25) is 0 Å². The van der Waals surface area contributed by atoms with Crippen LogP contribution in [0.1, 0.15) is 30.9 Å². The summed E-state index contributed by atoms with van der Waals surface area (Å²) in [5, 5.41) is 9.73. The number of aliphatic hydroxyl groups excluding tert-OH is 1. The first-order chi connectivity index (χ1) is 7.82. The highest BCUT2D eigenvalue weighted by Crippen LogP contribution is 2.37. The summed E-state index contributed by atoms with van der Waals surface area (Å²) in [7, 11) is 0. The average molecular weight is 220 g/mol. The number of hydrogen-bond acceptors (Lipinski definition) is 2. The van der Waals surface area contributed by atoms with Crippen LogP contribution >= 0.6 is 0 Å². The van der Waals surface area contributed by atoms with Crippen molar-refractivity contribution < 1.29 is 9.84 Å². The molecule has 1 N–H and O–H groups in total. The van der Waals surface area contributed by atoms with Crippen LogP contribution in [0.5, 0.6) is 0 Å². The SMILES string of the molecule is CCOCC1(CO)CCCc2ccccc21. The summed E-state index contributed by atoms with van der Waals surface area (Å²) in [6.07, 6.45) is 3.30. The Bertz CT molecular complexity index is 348. The maximum absolute atomic E-state index is 9.73. The van der Waals surface area contributed by atoms with Crippen molar-refractivity contribution in [3.63, 3.8) is 0 Å². The smallest absolute Gasteiger partial charge is 0.0585 e. The van der Waals surface area contributed by atoms with Crippen molar-refractivity contribution >= 4 is 0 Å². The number of fused-ring (bicyclic) bond motifs is 1. The van der Waals surface area contributed by atoms with Crippen LogP contribution in [0, 0.1) is 0 Å². The van der Waals surface area contributed by atoms with Crippen molar-refractivity contribution in [2.24, 2.45) is 0 Å². The van der Waals surface area contributed by atoms with E-state index in [1.54, 1.807) is 0 Å². The maximum atomic E-state index is 9.73. The topological polar surface area (TPSA) is 29.5 Å². The van der Waals surface area contributed by atoms with Gasteiger partial charge in [0.15, 0.2) is 0 Å². The molecule has 0 amide bonds. The molecule has 1 atom stereocenters. The van der Waals surface area contributed by atoms with Crippen LogP contribution in [0.2, 0.25) is 0 Å². The van der Waals surface area contributed by atoms with Crippen LogP contribution in [-0.4, -0.2) is 24.9 Å². The highest BCUT2D eigenvalue weighted by molar-refractivity contribution is 5.37. The van der Waals surface area contributed by atoms with Gasteiger partial charge in [-0.1, -0.05) is 24.3 Å². The molecule has 1 unspecified atom stereocenters. The summed E-state index contributed by atoms with van der Waals surface area (Å²) in [5.41, 5.74) is 2.50. The molecule has 2 rings (SSSR count). The van der Waals surface area contributed by atoms with Crippen molar-refractivity contribution in [3.8, 4) is 0 Å². The summed E-state index contributed by atoms with van der Waals surface area (Å²) >= 11 is 0. The Morgan fingerprint density at radius 3 is 2.94 bits per heavy atom. The summed E-state index contributed by atoms with van der Waals surface area (Å²) in [4.78, 5) is 0. The first-order valence-electron chi connectivity index (χ1n) is 6.09. The Morgan fingerprint density at radius 1 is 1.38 bits per heavy atom. The Labute approximate surface area is 97.3 Å². The minimum absolute atomic E-state index is 0.162. The number of rotatable bonds is 4. The van der Waals surface area contributed by atoms with E-state index in [0.717, 1.165) is 19.3 Å². The van der Waals surface area contributed by atoms with Gasteiger partial charge in [-0.2, -0.15) is 0 Å². The largest absolute Gasteiger partial charge is 0.395 e. The minimum atomic E-state index is -0.162. The third kappa shape index (κ3) is 2.00. The van der Waals surface area contributed by atoms with E-state index in [1.807, 2.05) is 6.92 Å². The molecule has 2 nitrogen and oxygen atoms in total. The molecule has 2 heteroatoms. The molecule has 88 valence electrons. The normalized spacial score (nSPS) is 24.1. The van der Waals surface area contributed by atoms with E-state index < -0.39 is 0 Å². The zero-order chi connectivity index (χ0) is 11.4. The van der Waals surface area contributed by atoms with E-state index in [-0.39, 0.29) is 12.0 Å². The van der Waals surface area contributed by atoms with Gasteiger partial charge in [0.1, 0.15) is 0 Å². The number of aryl methyl sites for hydroxylation is 1. The van der Waals surface area contributed by atoms with Crippen molar-refractivity contribution in [1.29, 1.82) is 0 Å². The van der Waals surface area contributed by atoms with Crippen LogP contribution in [0.3, 0.4) is 0 Å². The van der Waals surface area contributed by atoms with E-state index in [0.29, 0.717) is 13.2 Å². The van der Waals surface area contributed by atoms with E-state index in [1.165, 1.54) is 11.1 Å². The summed E-state index contributed by atoms with van der Waals surface area (Å²) in [5.74, 6) is 0. The fourth-order valence-corrected chi connectivity index (χ4v) is 2.66. The van der Waals surface area contributed by atoms with Gasteiger partial charge in [0.25, 0.3) is 0 Å².